The zero-order valence-electron chi connectivity index (χ0n) is 11.7. The third-order valence-electron chi connectivity index (χ3n) is 3.94. The van der Waals surface area contributed by atoms with E-state index in [0.717, 1.165) is 19.4 Å². The average Bonchev–Trinajstić information content (AvgIpc) is 2.30. The molecule has 1 aliphatic heterocycles. The van der Waals surface area contributed by atoms with E-state index >= 15 is 0 Å². The molecule has 0 amide bonds. The van der Waals surface area contributed by atoms with Gasteiger partial charge in [0, 0.05) is 6.04 Å². The molecule has 3 heteroatoms. The minimum absolute atomic E-state index is 0.0299. The van der Waals surface area contributed by atoms with Crippen LogP contribution < -0.4 is 0 Å². The lowest BCUT2D eigenvalue weighted by atomic mass is 9.90. The van der Waals surface area contributed by atoms with Crippen LogP contribution in [0.5, 0.6) is 0 Å². The molecular formula is C14H27NO2. The highest BCUT2D eigenvalue weighted by Gasteiger charge is 2.34. The summed E-state index contributed by atoms with van der Waals surface area (Å²) in [4.78, 5) is 14.4. The van der Waals surface area contributed by atoms with Gasteiger partial charge in [0.2, 0.25) is 0 Å². The first-order valence-electron chi connectivity index (χ1n) is 7.04. The Morgan fingerprint density at radius 1 is 1.41 bits per heavy atom. The van der Waals surface area contributed by atoms with Gasteiger partial charge in [0.05, 0.1) is 6.61 Å². The van der Waals surface area contributed by atoms with Gasteiger partial charge in [-0.25, -0.2) is 0 Å². The fourth-order valence-electron chi connectivity index (χ4n) is 2.74. The molecule has 3 unspecified atom stereocenters. The maximum atomic E-state index is 12.0. The highest BCUT2D eigenvalue weighted by atomic mass is 16.5. The maximum absolute atomic E-state index is 12.0. The van der Waals surface area contributed by atoms with Crippen molar-refractivity contribution in [2.75, 3.05) is 13.2 Å². The van der Waals surface area contributed by atoms with Gasteiger partial charge in [0.25, 0.3) is 0 Å². The lowest BCUT2D eigenvalue weighted by molar-refractivity contribution is -0.152. The molecule has 1 rings (SSSR count). The van der Waals surface area contributed by atoms with E-state index < -0.39 is 0 Å². The molecule has 0 bridgehead atoms. The van der Waals surface area contributed by atoms with Crippen molar-refractivity contribution in [2.45, 2.75) is 65.5 Å². The molecule has 3 atom stereocenters. The molecule has 1 aliphatic rings. The quantitative estimate of drug-likeness (QED) is 0.693. The molecule has 0 saturated carbocycles. The molecule has 0 spiro atoms. The van der Waals surface area contributed by atoms with Gasteiger partial charge in [-0.05, 0) is 45.6 Å². The summed E-state index contributed by atoms with van der Waals surface area (Å²) in [5.74, 6) is 0.646. The van der Waals surface area contributed by atoms with E-state index in [4.69, 9.17) is 4.74 Å². The number of piperidine rings is 1. The summed E-state index contributed by atoms with van der Waals surface area (Å²) in [6.07, 6.45) is 4.42. The minimum atomic E-state index is -0.0321. The summed E-state index contributed by atoms with van der Waals surface area (Å²) in [6.45, 7) is 10.1. The van der Waals surface area contributed by atoms with Crippen LogP contribution in [0.25, 0.3) is 0 Å². The number of hydrogen-bond donors (Lipinski definition) is 0. The highest BCUT2D eigenvalue weighted by molar-refractivity contribution is 5.75. The number of hydrogen-bond acceptors (Lipinski definition) is 3. The van der Waals surface area contributed by atoms with E-state index in [1.165, 1.54) is 12.8 Å². The fraction of sp³-hybridized carbons (Fsp3) is 0.929. The van der Waals surface area contributed by atoms with Crippen molar-refractivity contribution < 1.29 is 9.53 Å². The smallest absolute Gasteiger partial charge is 0.323 e. The summed E-state index contributed by atoms with van der Waals surface area (Å²) in [5, 5.41) is 0. The van der Waals surface area contributed by atoms with Crippen LogP contribution in [-0.4, -0.2) is 36.1 Å². The van der Waals surface area contributed by atoms with E-state index in [2.05, 4.69) is 25.7 Å². The van der Waals surface area contributed by atoms with Crippen molar-refractivity contribution >= 4 is 5.97 Å². The molecule has 100 valence electrons. The predicted octanol–water partition coefficient (Wildman–Crippen LogP) is 2.84. The van der Waals surface area contributed by atoms with Gasteiger partial charge < -0.3 is 4.74 Å². The van der Waals surface area contributed by atoms with Crippen LogP contribution in [0.4, 0.5) is 0 Å². The van der Waals surface area contributed by atoms with Crippen molar-refractivity contribution in [3.63, 3.8) is 0 Å². The Hall–Kier alpha value is -0.570. The Labute approximate surface area is 106 Å². The lowest BCUT2D eigenvalue weighted by Crippen LogP contribution is -2.51. The van der Waals surface area contributed by atoms with Gasteiger partial charge in [-0.2, -0.15) is 0 Å². The summed E-state index contributed by atoms with van der Waals surface area (Å²) < 4.78 is 5.21. The van der Waals surface area contributed by atoms with Crippen LogP contribution in [0, 0.1) is 5.92 Å². The topological polar surface area (TPSA) is 29.5 Å². The van der Waals surface area contributed by atoms with Crippen LogP contribution >= 0.6 is 0 Å². The van der Waals surface area contributed by atoms with Crippen molar-refractivity contribution in [3.05, 3.63) is 0 Å². The normalized spacial score (nSPS) is 27.8. The number of carbonyl (C=O) groups excluding carboxylic acids is 1. The van der Waals surface area contributed by atoms with Gasteiger partial charge in [-0.1, -0.05) is 20.3 Å². The van der Waals surface area contributed by atoms with Gasteiger partial charge in [-0.15, -0.1) is 0 Å². The first kappa shape index (κ1) is 14.5. The second kappa shape index (κ2) is 7.00. The van der Waals surface area contributed by atoms with Crippen molar-refractivity contribution in [1.29, 1.82) is 0 Å². The Balaban J connectivity index is 2.71. The van der Waals surface area contributed by atoms with Crippen molar-refractivity contribution in [1.82, 2.24) is 4.90 Å². The van der Waals surface area contributed by atoms with E-state index in [9.17, 15) is 4.79 Å². The highest BCUT2D eigenvalue weighted by Crippen LogP contribution is 2.26. The maximum Gasteiger partial charge on any atom is 0.323 e. The SMILES string of the molecule is CCCC(C(=O)OCC)N1CCCC(C)C1C. The number of nitrogens with zero attached hydrogens (tertiary/aromatic N) is 1. The summed E-state index contributed by atoms with van der Waals surface area (Å²) in [7, 11) is 0. The molecule has 17 heavy (non-hydrogen) atoms. The second-order valence-corrected chi connectivity index (χ2v) is 5.15. The van der Waals surface area contributed by atoms with E-state index in [1.807, 2.05) is 6.92 Å². The summed E-state index contributed by atoms with van der Waals surface area (Å²) in [6, 6.07) is 0.461. The molecule has 0 aromatic rings. The van der Waals surface area contributed by atoms with Gasteiger partial charge in [-0.3, -0.25) is 9.69 Å². The van der Waals surface area contributed by atoms with Gasteiger partial charge >= 0.3 is 5.97 Å². The first-order valence-corrected chi connectivity index (χ1v) is 7.04. The molecule has 1 heterocycles. The number of likely N-dealkylation sites (tertiary alicyclic amines) is 1. The van der Waals surface area contributed by atoms with E-state index in [-0.39, 0.29) is 12.0 Å². The van der Waals surface area contributed by atoms with E-state index in [0.29, 0.717) is 18.6 Å². The standard InChI is InChI=1S/C14H27NO2/c1-5-8-13(14(16)17-6-2)15-10-7-9-11(3)12(15)4/h11-13H,5-10H2,1-4H3. The summed E-state index contributed by atoms with van der Waals surface area (Å²) in [5.41, 5.74) is 0. The molecule has 1 fully saturated rings. The molecular weight excluding hydrogens is 214 g/mol. The Bertz CT molecular complexity index is 242. The second-order valence-electron chi connectivity index (χ2n) is 5.15. The molecule has 0 N–H and O–H groups in total. The minimum Gasteiger partial charge on any atom is -0.465 e. The Morgan fingerprint density at radius 2 is 2.12 bits per heavy atom. The summed E-state index contributed by atoms with van der Waals surface area (Å²) >= 11 is 0. The number of esters is 1. The number of rotatable bonds is 5. The average molecular weight is 241 g/mol. The zero-order valence-corrected chi connectivity index (χ0v) is 11.7. The molecule has 0 aromatic carbocycles. The monoisotopic (exact) mass is 241 g/mol. The first-order chi connectivity index (χ1) is 8.11. The van der Waals surface area contributed by atoms with Crippen LogP contribution in [0.15, 0.2) is 0 Å². The molecule has 0 aromatic heterocycles. The Kier molecular flexibility index (Phi) is 5.96. The van der Waals surface area contributed by atoms with Crippen molar-refractivity contribution in [2.24, 2.45) is 5.92 Å². The third-order valence-corrected chi connectivity index (χ3v) is 3.94. The van der Waals surface area contributed by atoms with Crippen LogP contribution in [0.1, 0.15) is 53.4 Å². The van der Waals surface area contributed by atoms with Gasteiger partial charge in [0.1, 0.15) is 6.04 Å². The number of ether oxygens (including phenoxy) is 1. The van der Waals surface area contributed by atoms with Crippen LogP contribution in [0.3, 0.4) is 0 Å². The Morgan fingerprint density at radius 3 is 2.71 bits per heavy atom. The van der Waals surface area contributed by atoms with Crippen LogP contribution in [0.2, 0.25) is 0 Å². The molecule has 1 saturated heterocycles. The van der Waals surface area contributed by atoms with Gasteiger partial charge in [0.15, 0.2) is 0 Å². The fourth-order valence-corrected chi connectivity index (χ4v) is 2.74. The molecule has 3 nitrogen and oxygen atoms in total. The lowest BCUT2D eigenvalue weighted by Gasteiger charge is -2.41. The largest absolute Gasteiger partial charge is 0.465 e. The van der Waals surface area contributed by atoms with E-state index in [1.54, 1.807) is 0 Å². The zero-order chi connectivity index (χ0) is 12.8. The molecule has 0 radical (unpaired) electrons. The van der Waals surface area contributed by atoms with Crippen molar-refractivity contribution in [3.8, 4) is 0 Å². The number of carbonyl (C=O) groups is 1. The predicted molar refractivity (Wildman–Crippen MR) is 69.9 cm³/mol. The third kappa shape index (κ3) is 3.70. The van der Waals surface area contributed by atoms with Crippen LogP contribution in [-0.2, 0) is 9.53 Å². The molecule has 0 aliphatic carbocycles.